The van der Waals surface area contributed by atoms with Crippen molar-refractivity contribution >= 4 is 34.6 Å². The molecule has 172 valence electrons. The highest BCUT2D eigenvalue weighted by atomic mass is 35.5. The molecule has 0 atom stereocenters. The van der Waals surface area contributed by atoms with Crippen LogP contribution in [-0.4, -0.2) is 51.1 Å². The number of alkyl halides is 3. The Labute approximate surface area is 191 Å². The lowest BCUT2D eigenvalue weighted by molar-refractivity contribution is -0.142. The molecule has 0 bridgehead atoms. The van der Waals surface area contributed by atoms with Crippen LogP contribution in [0, 0.1) is 0 Å². The van der Waals surface area contributed by atoms with Crippen LogP contribution in [-0.2, 0) is 11.0 Å². The van der Waals surface area contributed by atoms with Crippen molar-refractivity contribution in [3.8, 4) is 5.75 Å². The second-order valence-corrected chi connectivity index (χ2v) is 8.57. The van der Waals surface area contributed by atoms with Gasteiger partial charge in [0.05, 0.1) is 10.5 Å². The number of piperazine rings is 1. The first-order chi connectivity index (χ1) is 15.6. The van der Waals surface area contributed by atoms with Crippen molar-refractivity contribution in [2.24, 2.45) is 0 Å². The maximum absolute atomic E-state index is 13.7. The number of anilines is 1. The van der Waals surface area contributed by atoms with E-state index in [4.69, 9.17) is 11.6 Å². The van der Waals surface area contributed by atoms with Crippen LogP contribution in [0.25, 0.3) is 5.52 Å². The van der Waals surface area contributed by atoms with Gasteiger partial charge in [-0.05, 0) is 60.7 Å². The normalized spacial score (nSPS) is 17.2. The topological polar surface area (TPSA) is 78.2 Å². The molecule has 1 aromatic carbocycles. The van der Waals surface area contributed by atoms with Crippen molar-refractivity contribution in [1.82, 2.24) is 14.5 Å². The predicted octanol–water partition coefficient (Wildman–Crippen LogP) is 4.08. The maximum Gasteiger partial charge on any atom is 0.433 e. The number of rotatable bonds is 3. The summed E-state index contributed by atoms with van der Waals surface area (Å²) in [5.74, 6) is -0.966. The van der Waals surface area contributed by atoms with Gasteiger partial charge in [-0.15, -0.1) is 0 Å². The fourth-order valence-electron chi connectivity index (χ4n) is 4.03. The van der Waals surface area contributed by atoms with Crippen LogP contribution >= 0.6 is 11.6 Å². The van der Waals surface area contributed by atoms with Crippen molar-refractivity contribution in [3.63, 3.8) is 0 Å². The van der Waals surface area contributed by atoms with Crippen molar-refractivity contribution in [3.05, 3.63) is 58.4 Å². The molecular weight excluding hydrogens is 461 g/mol. The Kier molecular flexibility index (Phi) is 5.00. The number of pyridine rings is 1. The number of aromatic hydroxyl groups is 1. The van der Waals surface area contributed by atoms with E-state index in [0.29, 0.717) is 15.8 Å². The van der Waals surface area contributed by atoms with Gasteiger partial charge in [0.25, 0.3) is 5.91 Å². The first-order valence-corrected chi connectivity index (χ1v) is 10.7. The summed E-state index contributed by atoms with van der Waals surface area (Å²) in [6, 6.07) is 8.67. The number of hydrogen-bond donors (Lipinski definition) is 1. The molecule has 3 aromatic rings. The van der Waals surface area contributed by atoms with Gasteiger partial charge in [-0.2, -0.15) is 18.3 Å². The number of phenols is 1. The molecule has 5 rings (SSSR count). The summed E-state index contributed by atoms with van der Waals surface area (Å²) in [6.45, 7) is 0.0540. The summed E-state index contributed by atoms with van der Waals surface area (Å²) >= 11 is 6.35. The third-order valence-corrected chi connectivity index (χ3v) is 6.28. The van der Waals surface area contributed by atoms with Gasteiger partial charge in [0, 0.05) is 18.8 Å². The number of benzene rings is 1. The fourth-order valence-corrected chi connectivity index (χ4v) is 4.28. The van der Waals surface area contributed by atoms with Gasteiger partial charge in [0.15, 0.2) is 5.69 Å². The van der Waals surface area contributed by atoms with E-state index in [1.54, 1.807) is 18.2 Å². The van der Waals surface area contributed by atoms with E-state index in [0.717, 1.165) is 18.9 Å². The van der Waals surface area contributed by atoms with Crippen molar-refractivity contribution in [2.75, 3.05) is 24.5 Å². The van der Waals surface area contributed by atoms with E-state index < -0.39 is 17.8 Å². The largest absolute Gasteiger partial charge is 0.508 e. The van der Waals surface area contributed by atoms with Crippen molar-refractivity contribution in [1.29, 1.82) is 0 Å². The Bertz CT molecular complexity index is 1270. The lowest BCUT2D eigenvalue weighted by Crippen LogP contribution is -2.52. The predicted molar refractivity (Wildman–Crippen MR) is 114 cm³/mol. The first kappa shape index (κ1) is 21.6. The molecule has 0 spiro atoms. The van der Waals surface area contributed by atoms with Crippen LogP contribution in [0.2, 0.25) is 5.02 Å². The zero-order valence-electron chi connectivity index (χ0n) is 17.1. The number of amides is 2. The number of fused-ring (bicyclic) bond motifs is 1. The summed E-state index contributed by atoms with van der Waals surface area (Å²) in [5, 5.41) is 13.2. The molecule has 2 aliphatic rings. The van der Waals surface area contributed by atoms with Gasteiger partial charge in [-0.25, -0.2) is 4.52 Å². The Morgan fingerprint density at radius 2 is 1.82 bits per heavy atom. The van der Waals surface area contributed by atoms with Crippen LogP contribution in [0.5, 0.6) is 5.75 Å². The SMILES string of the molecule is O=C(c1nn2c(C(F)(F)F)cc(C3CC3)cc2c1Cl)N1CCN(c2ccc(O)cc2)C(=O)C1. The number of carbonyl (C=O) groups excluding carboxylic acids is 2. The lowest BCUT2D eigenvalue weighted by atomic mass is 10.1. The minimum Gasteiger partial charge on any atom is -0.508 e. The van der Waals surface area contributed by atoms with E-state index in [2.05, 4.69) is 5.10 Å². The molecule has 33 heavy (non-hydrogen) atoms. The van der Waals surface area contributed by atoms with Crippen LogP contribution in [0.1, 0.15) is 40.5 Å². The zero-order valence-corrected chi connectivity index (χ0v) is 17.9. The zero-order chi connectivity index (χ0) is 23.5. The molecule has 2 amide bonds. The molecular formula is C22H18ClF3N4O3. The van der Waals surface area contributed by atoms with Crippen LogP contribution in [0.3, 0.4) is 0 Å². The molecule has 1 saturated heterocycles. The number of halogens is 4. The smallest absolute Gasteiger partial charge is 0.433 e. The third-order valence-electron chi connectivity index (χ3n) is 5.91. The van der Waals surface area contributed by atoms with Crippen LogP contribution in [0.4, 0.5) is 18.9 Å². The van der Waals surface area contributed by atoms with E-state index in [9.17, 15) is 27.9 Å². The first-order valence-electron chi connectivity index (χ1n) is 10.3. The Morgan fingerprint density at radius 1 is 1.12 bits per heavy atom. The molecule has 2 aromatic heterocycles. The average molecular weight is 479 g/mol. The van der Waals surface area contributed by atoms with Gasteiger partial charge >= 0.3 is 6.18 Å². The van der Waals surface area contributed by atoms with Gasteiger partial charge in [0.2, 0.25) is 5.91 Å². The van der Waals surface area contributed by atoms with E-state index >= 15 is 0 Å². The molecule has 3 heterocycles. The minimum absolute atomic E-state index is 0.0193. The molecule has 0 unspecified atom stereocenters. The van der Waals surface area contributed by atoms with Gasteiger partial charge in [0.1, 0.15) is 18.0 Å². The summed E-state index contributed by atoms with van der Waals surface area (Å²) in [7, 11) is 0. The second-order valence-electron chi connectivity index (χ2n) is 8.19. The summed E-state index contributed by atoms with van der Waals surface area (Å²) in [5.41, 5.74) is -0.200. The van der Waals surface area contributed by atoms with Gasteiger partial charge in [-0.1, -0.05) is 11.6 Å². The highest BCUT2D eigenvalue weighted by Gasteiger charge is 2.38. The summed E-state index contributed by atoms with van der Waals surface area (Å²) < 4.78 is 41.7. The molecule has 2 fully saturated rings. The van der Waals surface area contributed by atoms with Crippen molar-refractivity contribution < 1.29 is 27.9 Å². The summed E-state index contributed by atoms with van der Waals surface area (Å²) in [6.07, 6.45) is -3.07. The molecule has 1 aliphatic heterocycles. The number of aromatic nitrogens is 2. The molecule has 11 heteroatoms. The highest BCUT2D eigenvalue weighted by Crippen LogP contribution is 2.43. The molecule has 1 saturated carbocycles. The fraction of sp³-hybridized carbons (Fsp3) is 0.318. The second kappa shape index (κ2) is 7.65. The van der Waals surface area contributed by atoms with E-state index in [1.165, 1.54) is 21.9 Å². The van der Waals surface area contributed by atoms with Gasteiger partial charge < -0.3 is 14.9 Å². The molecule has 1 N–H and O–H groups in total. The Hall–Kier alpha value is -3.27. The van der Waals surface area contributed by atoms with Crippen molar-refractivity contribution in [2.45, 2.75) is 24.9 Å². The Balaban J connectivity index is 1.45. The number of phenolic OH excluding ortho intramolecular Hbond substituents is 1. The highest BCUT2D eigenvalue weighted by molar-refractivity contribution is 6.36. The number of hydrogen-bond acceptors (Lipinski definition) is 4. The number of carbonyl (C=O) groups is 2. The minimum atomic E-state index is -4.68. The lowest BCUT2D eigenvalue weighted by Gasteiger charge is -2.34. The van der Waals surface area contributed by atoms with E-state index in [1.807, 2.05) is 0 Å². The van der Waals surface area contributed by atoms with Crippen LogP contribution < -0.4 is 4.90 Å². The third kappa shape index (κ3) is 3.88. The average Bonchev–Trinajstić information content (AvgIpc) is 3.57. The standard InChI is InChI=1S/C22H18ClF3N4O3/c23-19-16-9-13(12-1-2-12)10-17(22(24,25)26)30(16)27-20(19)21(33)28-7-8-29(18(32)11-28)14-3-5-15(31)6-4-14/h3-6,9-10,12,31H,1-2,7-8,11H2. The maximum atomic E-state index is 13.7. The molecule has 7 nitrogen and oxygen atoms in total. The monoisotopic (exact) mass is 478 g/mol. The Morgan fingerprint density at radius 3 is 2.42 bits per heavy atom. The molecule has 1 aliphatic carbocycles. The van der Waals surface area contributed by atoms with E-state index in [-0.39, 0.29) is 53.4 Å². The summed E-state index contributed by atoms with van der Waals surface area (Å²) in [4.78, 5) is 28.4. The van der Waals surface area contributed by atoms with Gasteiger partial charge in [-0.3, -0.25) is 9.59 Å². The number of nitrogens with zero attached hydrogens (tertiary/aromatic N) is 4. The van der Waals surface area contributed by atoms with Crippen LogP contribution in [0.15, 0.2) is 36.4 Å². The quantitative estimate of drug-likeness (QED) is 0.615. The molecule has 0 radical (unpaired) electrons.